The molecule has 3 rings (SSSR count). The monoisotopic (exact) mass is 286 g/mol. The van der Waals surface area contributed by atoms with Crippen molar-refractivity contribution in [2.75, 3.05) is 0 Å². The molecule has 1 aromatic heterocycles. The largest absolute Gasteiger partial charge is 0.350 e. The van der Waals surface area contributed by atoms with Crippen LogP contribution in [-0.2, 0) is 7.05 Å². The summed E-state index contributed by atoms with van der Waals surface area (Å²) in [5, 5.41) is 9.89. The Morgan fingerprint density at radius 2 is 1.86 bits per heavy atom. The molecule has 0 atom stereocenters. The van der Waals surface area contributed by atoms with Gasteiger partial charge in [-0.3, -0.25) is 4.79 Å². The van der Waals surface area contributed by atoms with Crippen molar-refractivity contribution in [1.82, 2.24) is 4.57 Å². The standard InChI is InChI=1S/C19H14N2O/c1-21-13-16(17-4-2-3-5-18(17)21)10-11-19(22)15-8-6-14(12-20)7-9-15/h2-11,13H,1H3/b11-10+. The number of aromatic nitrogens is 1. The second kappa shape index (κ2) is 5.71. The van der Waals surface area contributed by atoms with E-state index in [0.717, 1.165) is 16.5 Å². The van der Waals surface area contributed by atoms with Gasteiger partial charge in [0, 0.05) is 35.3 Å². The lowest BCUT2D eigenvalue weighted by molar-refractivity contribution is 0.104. The zero-order chi connectivity index (χ0) is 15.5. The van der Waals surface area contributed by atoms with Gasteiger partial charge in [0.1, 0.15) is 0 Å². The van der Waals surface area contributed by atoms with E-state index in [2.05, 4.69) is 6.07 Å². The van der Waals surface area contributed by atoms with Crippen molar-refractivity contribution in [3.63, 3.8) is 0 Å². The van der Waals surface area contributed by atoms with Crippen molar-refractivity contribution >= 4 is 22.8 Å². The molecule has 0 amide bonds. The molecular weight excluding hydrogens is 272 g/mol. The van der Waals surface area contributed by atoms with Gasteiger partial charge in [-0.2, -0.15) is 5.26 Å². The van der Waals surface area contributed by atoms with Crippen molar-refractivity contribution < 1.29 is 4.79 Å². The van der Waals surface area contributed by atoms with E-state index in [1.165, 1.54) is 0 Å². The van der Waals surface area contributed by atoms with Gasteiger partial charge in [-0.15, -0.1) is 0 Å². The summed E-state index contributed by atoms with van der Waals surface area (Å²) in [5.74, 6) is -0.0718. The minimum absolute atomic E-state index is 0.0718. The van der Waals surface area contributed by atoms with Crippen LogP contribution in [0.4, 0.5) is 0 Å². The molecule has 0 aliphatic heterocycles. The van der Waals surface area contributed by atoms with E-state index in [0.29, 0.717) is 11.1 Å². The predicted octanol–water partition coefficient (Wildman–Crippen LogP) is 3.95. The van der Waals surface area contributed by atoms with Crippen LogP contribution in [0.2, 0.25) is 0 Å². The van der Waals surface area contributed by atoms with E-state index in [9.17, 15) is 4.79 Å². The average molecular weight is 286 g/mol. The number of carbonyl (C=O) groups excluding carboxylic acids is 1. The van der Waals surface area contributed by atoms with Crippen molar-refractivity contribution in [3.05, 3.63) is 77.5 Å². The van der Waals surface area contributed by atoms with Gasteiger partial charge in [0.15, 0.2) is 5.78 Å². The van der Waals surface area contributed by atoms with E-state index in [1.807, 2.05) is 48.2 Å². The van der Waals surface area contributed by atoms with Crippen molar-refractivity contribution in [3.8, 4) is 6.07 Å². The summed E-state index contributed by atoms with van der Waals surface area (Å²) in [6.45, 7) is 0. The first-order valence-corrected chi connectivity index (χ1v) is 6.95. The summed E-state index contributed by atoms with van der Waals surface area (Å²) >= 11 is 0. The van der Waals surface area contributed by atoms with E-state index in [-0.39, 0.29) is 5.78 Å². The Morgan fingerprint density at radius 3 is 2.59 bits per heavy atom. The second-order valence-corrected chi connectivity index (χ2v) is 5.10. The van der Waals surface area contributed by atoms with Crippen LogP contribution in [-0.4, -0.2) is 10.4 Å². The summed E-state index contributed by atoms with van der Waals surface area (Å²) in [6.07, 6.45) is 5.42. The third-order valence-corrected chi connectivity index (χ3v) is 3.64. The number of hydrogen-bond acceptors (Lipinski definition) is 2. The zero-order valence-corrected chi connectivity index (χ0v) is 12.2. The second-order valence-electron chi connectivity index (χ2n) is 5.10. The highest BCUT2D eigenvalue weighted by atomic mass is 16.1. The molecule has 3 aromatic rings. The maximum absolute atomic E-state index is 12.2. The van der Waals surface area contributed by atoms with Crippen LogP contribution in [0.1, 0.15) is 21.5 Å². The number of para-hydroxylation sites is 1. The third kappa shape index (κ3) is 2.55. The van der Waals surface area contributed by atoms with Gasteiger partial charge in [-0.05, 0) is 42.5 Å². The zero-order valence-electron chi connectivity index (χ0n) is 12.2. The molecule has 0 saturated heterocycles. The Bertz CT molecular complexity index is 909. The number of benzene rings is 2. The van der Waals surface area contributed by atoms with Crippen molar-refractivity contribution in [1.29, 1.82) is 5.26 Å². The van der Waals surface area contributed by atoms with E-state index in [1.54, 1.807) is 30.3 Å². The predicted molar refractivity (Wildman–Crippen MR) is 87.4 cm³/mol. The molecule has 0 aliphatic rings. The fourth-order valence-corrected chi connectivity index (χ4v) is 2.48. The summed E-state index contributed by atoms with van der Waals surface area (Å²) in [4.78, 5) is 12.2. The first-order chi connectivity index (χ1) is 10.7. The number of fused-ring (bicyclic) bond motifs is 1. The summed E-state index contributed by atoms with van der Waals surface area (Å²) in [6, 6.07) is 16.8. The molecule has 0 spiro atoms. The summed E-state index contributed by atoms with van der Waals surface area (Å²) in [5.41, 5.74) is 3.28. The van der Waals surface area contributed by atoms with Crippen LogP contribution in [0, 0.1) is 11.3 Å². The number of ketones is 1. The molecule has 22 heavy (non-hydrogen) atoms. The number of rotatable bonds is 3. The third-order valence-electron chi connectivity index (χ3n) is 3.64. The van der Waals surface area contributed by atoms with Crippen LogP contribution in [0.25, 0.3) is 17.0 Å². The number of allylic oxidation sites excluding steroid dienone is 1. The minimum Gasteiger partial charge on any atom is -0.350 e. The molecule has 0 unspecified atom stereocenters. The van der Waals surface area contributed by atoms with Gasteiger partial charge in [0.05, 0.1) is 11.6 Å². The van der Waals surface area contributed by atoms with Crippen LogP contribution < -0.4 is 0 Å². The Labute approximate surface area is 128 Å². The highest BCUT2D eigenvalue weighted by Crippen LogP contribution is 2.21. The number of carbonyl (C=O) groups is 1. The van der Waals surface area contributed by atoms with Crippen LogP contribution in [0.5, 0.6) is 0 Å². The van der Waals surface area contributed by atoms with Crippen molar-refractivity contribution in [2.45, 2.75) is 0 Å². The Hall–Kier alpha value is -3.12. The highest BCUT2D eigenvalue weighted by molar-refractivity contribution is 6.07. The molecular formula is C19H14N2O. The summed E-state index contributed by atoms with van der Waals surface area (Å²) < 4.78 is 2.04. The smallest absolute Gasteiger partial charge is 0.185 e. The fraction of sp³-hybridized carbons (Fsp3) is 0.0526. The first-order valence-electron chi connectivity index (χ1n) is 6.95. The van der Waals surface area contributed by atoms with Gasteiger partial charge in [-0.1, -0.05) is 18.2 Å². The van der Waals surface area contributed by atoms with E-state index >= 15 is 0 Å². The maximum atomic E-state index is 12.2. The van der Waals surface area contributed by atoms with Gasteiger partial charge in [0.2, 0.25) is 0 Å². The van der Waals surface area contributed by atoms with Crippen LogP contribution >= 0.6 is 0 Å². The number of nitriles is 1. The maximum Gasteiger partial charge on any atom is 0.185 e. The molecule has 3 heteroatoms. The lowest BCUT2D eigenvalue weighted by Gasteiger charge is -1.95. The lowest BCUT2D eigenvalue weighted by Crippen LogP contribution is -1.93. The molecule has 3 nitrogen and oxygen atoms in total. The van der Waals surface area contributed by atoms with Crippen LogP contribution in [0.15, 0.2) is 60.8 Å². The molecule has 2 aromatic carbocycles. The molecule has 106 valence electrons. The molecule has 0 N–H and O–H groups in total. The first kappa shape index (κ1) is 13.8. The SMILES string of the molecule is Cn1cc(/C=C/C(=O)c2ccc(C#N)cc2)c2ccccc21. The molecule has 0 aliphatic carbocycles. The number of aryl methyl sites for hydroxylation is 1. The minimum atomic E-state index is -0.0718. The molecule has 1 heterocycles. The van der Waals surface area contributed by atoms with Gasteiger partial charge in [0.25, 0.3) is 0 Å². The fourth-order valence-electron chi connectivity index (χ4n) is 2.48. The Balaban J connectivity index is 1.89. The molecule has 0 radical (unpaired) electrons. The van der Waals surface area contributed by atoms with Gasteiger partial charge in [-0.25, -0.2) is 0 Å². The van der Waals surface area contributed by atoms with Crippen molar-refractivity contribution in [2.24, 2.45) is 7.05 Å². The van der Waals surface area contributed by atoms with Crippen LogP contribution in [0.3, 0.4) is 0 Å². The summed E-state index contributed by atoms with van der Waals surface area (Å²) in [7, 11) is 1.99. The Kier molecular flexibility index (Phi) is 3.59. The van der Waals surface area contributed by atoms with E-state index < -0.39 is 0 Å². The number of nitrogens with zero attached hydrogens (tertiary/aromatic N) is 2. The van der Waals surface area contributed by atoms with E-state index in [4.69, 9.17) is 5.26 Å². The van der Waals surface area contributed by atoms with Gasteiger partial charge >= 0.3 is 0 Å². The Morgan fingerprint density at radius 1 is 1.14 bits per heavy atom. The normalized spacial score (nSPS) is 10.9. The molecule has 0 bridgehead atoms. The lowest BCUT2D eigenvalue weighted by atomic mass is 10.1. The molecule has 0 saturated carbocycles. The quantitative estimate of drug-likeness (QED) is 0.540. The topological polar surface area (TPSA) is 45.8 Å². The number of hydrogen-bond donors (Lipinski definition) is 0. The van der Waals surface area contributed by atoms with Gasteiger partial charge < -0.3 is 4.57 Å². The molecule has 0 fully saturated rings. The average Bonchev–Trinajstić information content (AvgIpc) is 2.89. The highest BCUT2D eigenvalue weighted by Gasteiger charge is 2.05.